The van der Waals surface area contributed by atoms with E-state index in [0.29, 0.717) is 13.1 Å². The van der Waals surface area contributed by atoms with Gasteiger partial charge in [-0.15, -0.1) is 0 Å². The van der Waals surface area contributed by atoms with Crippen molar-refractivity contribution >= 4 is 34.7 Å². The number of benzene rings is 3. The number of hydrogen-bond donors (Lipinski definition) is 1. The highest BCUT2D eigenvalue weighted by Crippen LogP contribution is 2.43. The molecule has 0 bridgehead atoms. The number of aliphatic hydroxyl groups excluding tert-OH is 1. The number of nitrogens with zero attached hydrogens (tertiary/aromatic N) is 2. The number of rotatable bonds is 6. The van der Waals surface area contributed by atoms with Gasteiger partial charge in [-0.25, -0.2) is 9.59 Å². The third-order valence-corrected chi connectivity index (χ3v) is 5.33. The Labute approximate surface area is 186 Å². The lowest BCUT2D eigenvalue weighted by molar-refractivity contribution is 0.0422. The van der Waals surface area contributed by atoms with E-state index in [0.717, 1.165) is 22.7 Å². The summed E-state index contributed by atoms with van der Waals surface area (Å²) < 4.78 is 10.1. The van der Waals surface area contributed by atoms with Crippen molar-refractivity contribution < 1.29 is 24.2 Å². The number of carbonyl (C=O) groups excluding carboxylic acids is 2. The second kappa shape index (κ2) is 9.53. The summed E-state index contributed by atoms with van der Waals surface area (Å²) in [7, 11) is 1.27. The monoisotopic (exact) mass is 432 g/mol. The molecule has 1 N–H and O–H groups in total. The maximum Gasteiger partial charge on any atom is 0.339 e. The van der Waals surface area contributed by atoms with E-state index in [2.05, 4.69) is 9.80 Å². The first kappa shape index (κ1) is 21.4. The van der Waals surface area contributed by atoms with Crippen LogP contribution in [0.2, 0.25) is 0 Å². The van der Waals surface area contributed by atoms with Gasteiger partial charge in [0.1, 0.15) is 6.61 Å². The van der Waals surface area contributed by atoms with Gasteiger partial charge in [0.15, 0.2) is 0 Å². The molecule has 0 unspecified atom stereocenters. The molecule has 1 aliphatic heterocycles. The number of para-hydroxylation sites is 2. The zero-order valence-electron chi connectivity index (χ0n) is 17.7. The molecule has 1 aliphatic rings. The van der Waals surface area contributed by atoms with Gasteiger partial charge in [0.25, 0.3) is 0 Å². The first-order valence-corrected chi connectivity index (χ1v) is 10.3. The molecule has 3 aromatic rings. The highest BCUT2D eigenvalue weighted by atomic mass is 16.5. The van der Waals surface area contributed by atoms with Gasteiger partial charge in [0, 0.05) is 24.5 Å². The molecule has 164 valence electrons. The topological polar surface area (TPSA) is 79.3 Å². The minimum Gasteiger partial charge on any atom is -0.465 e. The first-order valence-electron chi connectivity index (χ1n) is 10.3. The molecular formula is C25H24N2O5. The van der Waals surface area contributed by atoms with Crippen LogP contribution in [0.25, 0.3) is 0 Å². The molecule has 0 aliphatic carbocycles. The van der Waals surface area contributed by atoms with E-state index in [1.165, 1.54) is 7.11 Å². The van der Waals surface area contributed by atoms with Crippen LogP contribution in [0.15, 0.2) is 72.8 Å². The molecular weight excluding hydrogens is 408 g/mol. The van der Waals surface area contributed by atoms with Crippen LogP contribution >= 0.6 is 0 Å². The van der Waals surface area contributed by atoms with Gasteiger partial charge >= 0.3 is 11.9 Å². The minimum absolute atomic E-state index is 0.0971. The second-order valence-electron chi connectivity index (χ2n) is 7.21. The SMILES string of the molecule is COC(=O)c1cc2c(cc1C(=O)OCCO)N(c1ccccc1)CCN2c1ccccc1. The molecule has 0 fully saturated rings. The number of carbonyl (C=O) groups is 2. The summed E-state index contributed by atoms with van der Waals surface area (Å²) in [5.41, 5.74) is 3.72. The molecule has 0 amide bonds. The lowest BCUT2D eigenvalue weighted by atomic mass is 10.0. The molecule has 3 aromatic carbocycles. The van der Waals surface area contributed by atoms with Crippen LogP contribution in [-0.2, 0) is 9.47 Å². The summed E-state index contributed by atoms with van der Waals surface area (Å²) >= 11 is 0. The Morgan fingerprint density at radius 3 is 1.72 bits per heavy atom. The Hall–Kier alpha value is -3.84. The number of esters is 2. The van der Waals surface area contributed by atoms with E-state index in [4.69, 9.17) is 14.6 Å². The van der Waals surface area contributed by atoms with Gasteiger partial charge in [0.05, 0.1) is 36.2 Å². The Kier molecular flexibility index (Phi) is 6.37. The molecule has 4 rings (SSSR count). The second-order valence-corrected chi connectivity index (χ2v) is 7.21. The van der Waals surface area contributed by atoms with E-state index >= 15 is 0 Å². The molecule has 0 saturated heterocycles. The summed E-state index contributed by atoms with van der Waals surface area (Å²) in [4.78, 5) is 29.6. The lowest BCUT2D eigenvalue weighted by Crippen LogP contribution is -2.36. The molecule has 0 spiro atoms. The molecule has 0 atom stereocenters. The average Bonchev–Trinajstić information content (AvgIpc) is 2.86. The average molecular weight is 432 g/mol. The van der Waals surface area contributed by atoms with Crippen LogP contribution in [0.4, 0.5) is 22.7 Å². The first-order chi connectivity index (χ1) is 15.6. The van der Waals surface area contributed by atoms with Crippen molar-refractivity contribution in [3.05, 3.63) is 83.9 Å². The van der Waals surface area contributed by atoms with Crippen LogP contribution in [0.1, 0.15) is 20.7 Å². The standard InChI is InChI=1S/C25H24N2O5/c1-31-24(29)20-16-22-23(17-21(20)25(30)32-15-14-28)27(19-10-6-3-7-11-19)13-12-26(22)18-8-4-2-5-9-18/h2-11,16-17,28H,12-15H2,1H3. The van der Waals surface area contributed by atoms with Crippen LogP contribution in [0.3, 0.4) is 0 Å². The van der Waals surface area contributed by atoms with Gasteiger partial charge in [0.2, 0.25) is 0 Å². The van der Waals surface area contributed by atoms with Crippen LogP contribution in [0.5, 0.6) is 0 Å². The summed E-state index contributed by atoms with van der Waals surface area (Å²) in [6, 6.07) is 23.1. The summed E-state index contributed by atoms with van der Waals surface area (Å²) in [6.07, 6.45) is 0. The predicted octanol–water partition coefficient (Wildman–Crippen LogP) is 3.91. The number of aliphatic hydroxyl groups is 1. The summed E-state index contributed by atoms with van der Waals surface area (Å²) in [5, 5.41) is 9.05. The van der Waals surface area contributed by atoms with E-state index in [1.54, 1.807) is 12.1 Å². The number of methoxy groups -OCH3 is 1. The Morgan fingerprint density at radius 2 is 1.28 bits per heavy atom. The zero-order chi connectivity index (χ0) is 22.5. The third-order valence-electron chi connectivity index (χ3n) is 5.33. The maximum absolute atomic E-state index is 12.8. The molecule has 1 heterocycles. The van der Waals surface area contributed by atoms with Crippen molar-refractivity contribution in [1.82, 2.24) is 0 Å². The van der Waals surface area contributed by atoms with Gasteiger partial charge in [-0.1, -0.05) is 36.4 Å². The fourth-order valence-electron chi connectivity index (χ4n) is 3.87. The van der Waals surface area contributed by atoms with Crippen molar-refractivity contribution in [2.45, 2.75) is 0 Å². The van der Waals surface area contributed by atoms with E-state index < -0.39 is 11.9 Å². The molecule has 7 nitrogen and oxygen atoms in total. The van der Waals surface area contributed by atoms with Crippen LogP contribution < -0.4 is 9.80 Å². The van der Waals surface area contributed by atoms with E-state index in [9.17, 15) is 9.59 Å². The van der Waals surface area contributed by atoms with Crippen molar-refractivity contribution in [3.63, 3.8) is 0 Å². The van der Waals surface area contributed by atoms with Gasteiger partial charge < -0.3 is 24.4 Å². The van der Waals surface area contributed by atoms with Crippen molar-refractivity contribution in [2.24, 2.45) is 0 Å². The Balaban J connectivity index is 1.90. The number of ether oxygens (including phenoxy) is 2. The van der Waals surface area contributed by atoms with Crippen molar-refractivity contribution in [2.75, 3.05) is 43.2 Å². The lowest BCUT2D eigenvalue weighted by Gasteiger charge is -2.39. The fraction of sp³-hybridized carbons (Fsp3) is 0.200. The normalized spacial score (nSPS) is 12.8. The van der Waals surface area contributed by atoms with E-state index in [1.807, 2.05) is 60.7 Å². The largest absolute Gasteiger partial charge is 0.465 e. The minimum atomic E-state index is -0.688. The number of anilines is 4. The van der Waals surface area contributed by atoms with E-state index in [-0.39, 0.29) is 24.3 Å². The van der Waals surface area contributed by atoms with Gasteiger partial charge in [-0.05, 0) is 36.4 Å². The molecule has 0 radical (unpaired) electrons. The smallest absolute Gasteiger partial charge is 0.339 e. The highest BCUT2D eigenvalue weighted by Gasteiger charge is 2.30. The van der Waals surface area contributed by atoms with Crippen molar-refractivity contribution in [1.29, 1.82) is 0 Å². The molecule has 0 aromatic heterocycles. The Morgan fingerprint density at radius 1 is 0.812 bits per heavy atom. The van der Waals surface area contributed by atoms with Crippen LogP contribution in [-0.4, -0.2) is 50.5 Å². The number of fused-ring (bicyclic) bond motifs is 1. The van der Waals surface area contributed by atoms with Gasteiger partial charge in [-0.2, -0.15) is 0 Å². The van der Waals surface area contributed by atoms with Crippen molar-refractivity contribution in [3.8, 4) is 0 Å². The van der Waals surface area contributed by atoms with Crippen LogP contribution in [0, 0.1) is 0 Å². The zero-order valence-corrected chi connectivity index (χ0v) is 17.7. The molecule has 0 saturated carbocycles. The summed E-state index contributed by atoms with van der Waals surface area (Å²) in [6.45, 7) is 0.896. The fourth-order valence-corrected chi connectivity index (χ4v) is 3.87. The quantitative estimate of drug-likeness (QED) is 0.592. The predicted molar refractivity (Wildman–Crippen MR) is 122 cm³/mol. The highest BCUT2D eigenvalue weighted by molar-refractivity contribution is 6.06. The molecule has 7 heteroatoms. The third kappa shape index (κ3) is 4.15. The molecule has 32 heavy (non-hydrogen) atoms. The van der Waals surface area contributed by atoms with Gasteiger partial charge in [-0.3, -0.25) is 0 Å². The Bertz CT molecular complexity index is 1100. The summed E-state index contributed by atoms with van der Waals surface area (Å²) in [5.74, 6) is -1.32. The number of hydrogen-bond acceptors (Lipinski definition) is 7. The maximum atomic E-state index is 12.8.